The summed E-state index contributed by atoms with van der Waals surface area (Å²) in [5.41, 5.74) is 6.20. The second kappa shape index (κ2) is 12.6. The quantitative estimate of drug-likeness (QED) is 0.173. The van der Waals surface area contributed by atoms with Gasteiger partial charge in [-0.25, -0.2) is 8.78 Å². The molecule has 7 aromatic carbocycles. The van der Waals surface area contributed by atoms with E-state index >= 15 is 8.78 Å². The summed E-state index contributed by atoms with van der Waals surface area (Å²) in [7, 11) is 0. The molecule has 0 unspecified atom stereocenters. The van der Waals surface area contributed by atoms with Gasteiger partial charge in [0, 0.05) is 21.7 Å². The van der Waals surface area contributed by atoms with Crippen molar-refractivity contribution in [3.63, 3.8) is 0 Å². The summed E-state index contributed by atoms with van der Waals surface area (Å²) >= 11 is 7.58. The molecule has 0 radical (unpaired) electrons. The van der Waals surface area contributed by atoms with Gasteiger partial charge in [-0.1, -0.05) is 123 Å². The van der Waals surface area contributed by atoms with E-state index in [-0.39, 0.29) is 5.41 Å². The number of furan rings is 1. The highest BCUT2D eigenvalue weighted by Gasteiger charge is 2.29. The van der Waals surface area contributed by atoms with E-state index in [9.17, 15) is 0 Å². The van der Waals surface area contributed by atoms with Crippen LogP contribution in [0.3, 0.4) is 0 Å². The molecule has 0 aliphatic rings. The second-order valence-electron chi connectivity index (χ2n) is 13.9. The minimum Gasteiger partial charge on any atom is -0.454 e. The van der Waals surface area contributed by atoms with Gasteiger partial charge < -0.3 is 14.2 Å². The van der Waals surface area contributed by atoms with Crippen LogP contribution in [0, 0.1) is 18.6 Å². The molecule has 0 aliphatic carbocycles. The maximum absolute atomic E-state index is 16.1. The van der Waals surface area contributed by atoms with Crippen molar-refractivity contribution in [1.29, 1.82) is 0 Å². The molecule has 0 atom stereocenters. The molecule has 51 heavy (non-hydrogen) atoms. The number of aryl methyl sites for hydroxylation is 1. The molecule has 0 saturated heterocycles. The third-order valence-corrected chi connectivity index (χ3v) is 9.79. The van der Waals surface area contributed by atoms with Crippen molar-refractivity contribution in [3.8, 4) is 0 Å². The molecule has 0 aliphatic heterocycles. The molecule has 8 rings (SSSR count). The maximum atomic E-state index is 16.1. The number of para-hydroxylation sites is 4. The molecule has 252 valence electrons. The molecular weight excluding hydrogens is 658 g/mol. The van der Waals surface area contributed by atoms with Gasteiger partial charge in [0.25, 0.3) is 0 Å². The van der Waals surface area contributed by atoms with E-state index in [0.717, 1.165) is 43.9 Å². The Balaban J connectivity index is 1.44. The Bertz CT molecular complexity index is 2600. The number of fused-ring (bicyclic) bond motifs is 4. The fraction of sp³-hybridized carbons (Fsp3) is 0.111. The molecule has 0 amide bonds. The normalized spacial score (nSPS) is 11.8. The lowest BCUT2D eigenvalue weighted by atomic mass is 9.86. The summed E-state index contributed by atoms with van der Waals surface area (Å²) < 4.78 is 38.8. The van der Waals surface area contributed by atoms with Gasteiger partial charge in [-0.15, -0.1) is 0 Å². The highest BCUT2D eigenvalue weighted by Crippen LogP contribution is 2.51. The van der Waals surface area contributed by atoms with Crippen molar-refractivity contribution in [2.24, 2.45) is 0 Å². The van der Waals surface area contributed by atoms with E-state index < -0.39 is 11.6 Å². The molecule has 1 aromatic heterocycles. The Labute approximate surface area is 300 Å². The zero-order valence-electron chi connectivity index (χ0n) is 28.7. The first-order valence-electron chi connectivity index (χ1n) is 16.9. The second-order valence-corrected chi connectivity index (χ2v) is 14.3. The van der Waals surface area contributed by atoms with E-state index in [0.29, 0.717) is 39.0 Å². The first kappa shape index (κ1) is 32.5. The van der Waals surface area contributed by atoms with Crippen molar-refractivity contribution in [2.75, 3.05) is 9.80 Å². The van der Waals surface area contributed by atoms with Crippen LogP contribution in [0.1, 0.15) is 31.9 Å². The van der Waals surface area contributed by atoms with Crippen LogP contribution in [0.15, 0.2) is 144 Å². The van der Waals surface area contributed by atoms with Crippen LogP contribution in [-0.4, -0.2) is 0 Å². The Kier molecular flexibility index (Phi) is 8.04. The summed E-state index contributed by atoms with van der Waals surface area (Å²) in [4.78, 5) is 3.67. The average molecular weight is 693 g/mol. The molecule has 0 N–H and O–H groups in total. The summed E-state index contributed by atoms with van der Waals surface area (Å²) in [5.74, 6) is -0.836. The Morgan fingerprint density at radius 1 is 0.510 bits per heavy atom. The van der Waals surface area contributed by atoms with Crippen molar-refractivity contribution >= 4 is 78.4 Å². The lowest BCUT2D eigenvalue weighted by Crippen LogP contribution is -2.16. The highest BCUT2D eigenvalue weighted by atomic mass is 35.5. The van der Waals surface area contributed by atoms with Crippen LogP contribution >= 0.6 is 11.6 Å². The molecule has 6 heteroatoms. The van der Waals surface area contributed by atoms with Gasteiger partial charge in [0.15, 0.2) is 5.58 Å². The van der Waals surface area contributed by atoms with E-state index in [1.807, 2.05) is 95.6 Å². The van der Waals surface area contributed by atoms with Gasteiger partial charge in [-0.2, -0.15) is 0 Å². The highest BCUT2D eigenvalue weighted by molar-refractivity contribution is 6.37. The Morgan fingerprint density at radius 2 is 0.980 bits per heavy atom. The molecule has 1 heterocycles. The minimum atomic E-state index is -0.430. The summed E-state index contributed by atoms with van der Waals surface area (Å²) in [5, 5.41) is 4.12. The van der Waals surface area contributed by atoms with Crippen LogP contribution in [0.5, 0.6) is 0 Å². The van der Waals surface area contributed by atoms with E-state index in [1.165, 1.54) is 12.1 Å². The number of anilines is 6. The summed E-state index contributed by atoms with van der Waals surface area (Å²) in [6.45, 7) is 8.44. The first-order chi connectivity index (χ1) is 24.6. The van der Waals surface area contributed by atoms with Crippen molar-refractivity contribution in [2.45, 2.75) is 33.1 Å². The van der Waals surface area contributed by atoms with Crippen LogP contribution in [0.2, 0.25) is 5.02 Å². The minimum absolute atomic E-state index is 0.175. The molecule has 8 aromatic rings. The van der Waals surface area contributed by atoms with E-state index in [2.05, 4.69) is 32.9 Å². The lowest BCUT2D eigenvalue weighted by molar-refractivity contribution is 0.573. The molecule has 0 bridgehead atoms. The Hall–Kier alpha value is -5.65. The standard InChI is InChI=1S/C45H35ClF2N2O/c1-28-26-40(49(37-22-9-7-20-34(37)47)36-24-11-15-29-14-5-6-16-30(29)36)42(46)41(27-28)50(38-23-10-8-21-35(38)48)39-25-13-18-32-31-17-12-19-33(45(2,3)4)43(31)51-44(32)39/h5-27H,1-4H3. The lowest BCUT2D eigenvalue weighted by Gasteiger charge is -2.32. The number of benzene rings is 7. The van der Waals surface area contributed by atoms with Crippen LogP contribution < -0.4 is 9.80 Å². The first-order valence-corrected chi connectivity index (χ1v) is 17.3. The fourth-order valence-electron chi connectivity index (χ4n) is 7.08. The summed E-state index contributed by atoms with van der Waals surface area (Å²) in [6.07, 6.45) is 0. The van der Waals surface area contributed by atoms with Crippen LogP contribution in [-0.2, 0) is 5.41 Å². The van der Waals surface area contributed by atoms with Gasteiger partial charge in [0.1, 0.15) is 17.2 Å². The van der Waals surface area contributed by atoms with Crippen LogP contribution in [0.4, 0.5) is 42.9 Å². The summed E-state index contributed by atoms with van der Waals surface area (Å²) in [6, 6.07) is 43.2. The monoisotopic (exact) mass is 692 g/mol. The fourth-order valence-corrected chi connectivity index (χ4v) is 7.35. The molecule has 0 saturated carbocycles. The Morgan fingerprint density at radius 3 is 1.63 bits per heavy atom. The maximum Gasteiger partial charge on any atom is 0.159 e. The number of hydrogen-bond donors (Lipinski definition) is 0. The van der Waals surface area contributed by atoms with Gasteiger partial charge in [0.2, 0.25) is 0 Å². The van der Waals surface area contributed by atoms with Gasteiger partial charge >= 0.3 is 0 Å². The largest absolute Gasteiger partial charge is 0.454 e. The van der Waals surface area contributed by atoms with Gasteiger partial charge in [0.05, 0.1) is 39.1 Å². The van der Waals surface area contributed by atoms with Crippen molar-refractivity contribution in [3.05, 3.63) is 167 Å². The predicted octanol–water partition coefficient (Wildman–Crippen LogP) is 14.2. The third-order valence-electron chi connectivity index (χ3n) is 9.41. The van der Waals surface area contributed by atoms with Crippen molar-refractivity contribution < 1.29 is 13.2 Å². The molecule has 0 fully saturated rings. The zero-order valence-corrected chi connectivity index (χ0v) is 29.5. The third kappa shape index (κ3) is 5.58. The molecule has 0 spiro atoms. The predicted molar refractivity (Wildman–Crippen MR) is 209 cm³/mol. The number of nitrogens with zero attached hydrogens (tertiary/aromatic N) is 2. The zero-order chi connectivity index (χ0) is 35.4. The number of hydrogen-bond acceptors (Lipinski definition) is 3. The van der Waals surface area contributed by atoms with E-state index in [1.54, 1.807) is 36.4 Å². The smallest absolute Gasteiger partial charge is 0.159 e. The average Bonchev–Trinajstić information content (AvgIpc) is 3.51. The molecule has 3 nitrogen and oxygen atoms in total. The SMILES string of the molecule is Cc1cc(N(c2ccccc2F)c2cccc3ccccc23)c(Cl)c(N(c2ccccc2F)c2cccc3c2oc2c(C(C)(C)C)cccc23)c1. The van der Waals surface area contributed by atoms with Gasteiger partial charge in [-0.05, 0) is 71.8 Å². The molecular formula is C45H35ClF2N2O. The van der Waals surface area contributed by atoms with Crippen molar-refractivity contribution in [1.82, 2.24) is 0 Å². The number of halogens is 3. The van der Waals surface area contributed by atoms with Gasteiger partial charge in [-0.3, -0.25) is 0 Å². The van der Waals surface area contributed by atoms with Crippen LogP contribution in [0.25, 0.3) is 32.7 Å². The van der Waals surface area contributed by atoms with E-state index in [4.69, 9.17) is 16.0 Å². The number of rotatable bonds is 6. The topological polar surface area (TPSA) is 19.6 Å².